The number of carbonyl (C=O) groups is 1. The average molecular weight is 550 g/mol. The van der Waals surface area contributed by atoms with Gasteiger partial charge in [-0.2, -0.15) is 0 Å². The highest BCUT2D eigenvalue weighted by Crippen LogP contribution is 2.78. The van der Waals surface area contributed by atoms with E-state index in [1.807, 2.05) is 6.07 Å². The van der Waals surface area contributed by atoms with Crippen LogP contribution in [0.5, 0.6) is 0 Å². The Bertz CT molecular complexity index is 1270. The number of fused-ring (bicyclic) bond motifs is 7. The SMILES string of the molecule is COC(=O)c1ccc(C2=CC[C@@]3(C)C(CC[C@]4(C)C3CC[C@@H]3[C@@]5(C)[C@H](C)CC[C@]5(N)CC[C@]34C)C2(C)C)cc1F. The molecule has 0 radical (unpaired) electrons. The Balaban J connectivity index is 1.37. The predicted octanol–water partition coefficient (Wildman–Crippen LogP) is 8.81. The zero-order chi connectivity index (χ0) is 29.1. The molecule has 0 heterocycles. The molecule has 3 nitrogen and oxygen atoms in total. The van der Waals surface area contributed by atoms with Crippen molar-refractivity contribution < 1.29 is 13.9 Å². The zero-order valence-electron chi connectivity index (χ0n) is 26.3. The zero-order valence-corrected chi connectivity index (χ0v) is 26.3. The molecule has 9 atom stereocenters. The molecule has 40 heavy (non-hydrogen) atoms. The van der Waals surface area contributed by atoms with E-state index in [1.165, 1.54) is 64.0 Å². The maximum atomic E-state index is 15.0. The topological polar surface area (TPSA) is 52.3 Å². The second-order valence-electron chi connectivity index (χ2n) is 16.2. The monoisotopic (exact) mass is 549 g/mol. The Morgan fingerprint density at radius 1 is 0.900 bits per heavy atom. The molecule has 0 spiro atoms. The molecule has 0 aromatic heterocycles. The molecule has 6 rings (SSSR count). The lowest BCUT2D eigenvalue weighted by Gasteiger charge is -2.74. The first-order valence-corrected chi connectivity index (χ1v) is 16.0. The molecule has 2 unspecified atom stereocenters. The quantitative estimate of drug-likeness (QED) is 0.375. The molecule has 4 fully saturated rings. The van der Waals surface area contributed by atoms with E-state index in [2.05, 4.69) is 54.5 Å². The van der Waals surface area contributed by atoms with Crippen molar-refractivity contribution in [1.82, 2.24) is 0 Å². The molecular weight excluding hydrogens is 497 g/mol. The largest absolute Gasteiger partial charge is 0.465 e. The lowest BCUT2D eigenvalue weighted by atomic mass is 9.31. The van der Waals surface area contributed by atoms with Gasteiger partial charge in [0.15, 0.2) is 0 Å². The first-order chi connectivity index (χ1) is 18.6. The smallest absolute Gasteiger partial charge is 0.340 e. The number of hydrogen-bond acceptors (Lipinski definition) is 3. The van der Waals surface area contributed by atoms with E-state index in [1.54, 1.807) is 12.1 Å². The number of benzene rings is 1. The molecule has 0 saturated heterocycles. The van der Waals surface area contributed by atoms with Crippen LogP contribution < -0.4 is 5.73 Å². The standard InChI is InChI=1S/C36H52FNO2/c1-22-13-18-36(38)20-19-34(6)29(35(22,36)7)12-11-28-32(4)16-14-25(31(2,3)27(32)15-17-33(28,34)5)23-9-10-24(26(37)21-23)30(39)40-8/h9-10,14,21-22,27-29H,11-13,15-20,38H2,1-8H3/t22-,27?,28?,29+,32+,33-,34-,35-,36+/m1/s1. The van der Waals surface area contributed by atoms with Crippen molar-refractivity contribution in [3.63, 3.8) is 0 Å². The summed E-state index contributed by atoms with van der Waals surface area (Å²) in [5, 5.41) is 0. The first kappa shape index (κ1) is 28.4. The van der Waals surface area contributed by atoms with Crippen molar-refractivity contribution in [2.45, 2.75) is 112 Å². The van der Waals surface area contributed by atoms with Crippen molar-refractivity contribution >= 4 is 11.5 Å². The summed E-state index contributed by atoms with van der Waals surface area (Å²) in [7, 11) is 1.29. The number of allylic oxidation sites excluding steroid dienone is 2. The lowest BCUT2D eigenvalue weighted by Crippen LogP contribution is -2.70. The summed E-state index contributed by atoms with van der Waals surface area (Å²) in [5.74, 6) is 1.45. The number of halogens is 1. The fourth-order valence-electron chi connectivity index (χ4n) is 12.5. The van der Waals surface area contributed by atoms with E-state index in [-0.39, 0.29) is 27.3 Å². The van der Waals surface area contributed by atoms with Gasteiger partial charge < -0.3 is 10.5 Å². The van der Waals surface area contributed by atoms with Gasteiger partial charge in [0.25, 0.3) is 0 Å². The van der Waals surface area contributed by atoms with Gasteiger partial charge in [-0.05, 0) is 132 Å². The van der Waals surface area contributed by atoms with E-state index >= 15 is 4.39 Å². The van der Waals surface area contributed by atoms with Crippen LogP contribution in [0.3, 0.4) is 0 Å². The van der Waals surface area contributed by atoms with Crippen molar-refractivity contribution in [3.05, 3.63) is 41.2 Å². The van der Waals surface area contributed by atoms with Crippen LogP contribution in [0.2, 0.25) is 0 Å². The summed E-state index contributed by atoms with van der Waals surface area (Å²) in [4.78, 5) is 12.0. The Morgan fingerprint density at radius 2 is 1.57 bits per heavy atom. The van der Waals surface area contributed by atoms with Crippen LogP contribution in [0, 0.1) is 56.6 Å². The third-order valence-electron chi connectivity index (χ3n) is 15.1. The second-order valence-corrected chi connectivity index (χ2v) is 16.2. The molecule has 0 amide bonds. The third-order valence-corrected chi connectivity index (χ3v) is 15.1. The van der Waals surface area contributed by atoms with E-state index in [0.29, 0.717) is 34.5 Å². The van der Waals surface area contributed by atoms with Crippen LogP contribution in [0.15, 0.2) is 24.3 Å². The molecule has 1 aromatic rings. The van der Waals surface area contributed by atoms with Crippen molar-refractivity contribution in [3.8, 4) is 0 Å². The van der Waals surface area contributed by atoms with E-state index in [4.69, 9.17) is 10.5 Å². The number of rotatable bonds is 2. The van der Waals surface area contributed by atoms with Crippen LogP contribution >= 0.6 is 0 Å². The van der Waals surface area contributed by atoms with Crippen LogP contribution in [-0.2, 0) is 4.74 Å². The number of ether oxygens (including phenoxy) is 1. The number of hydrogen-bond donors (Lipinski definition) is 1. The van der Waals surface area contributed by atoms with Gasteiger partial charge >= 0.3 is 5.97 Å². The minimum atomic E-state index is -0.625. The Hall–Kier alpha value is -1.68. The Labute approximate surface area is 241 Å². The van der Waals surface area contributed by atoms with Crippen LogP contribution in [-0.4, -0.2) is 18.6 Å². The minimum absolute atomic E-state index is 0.00278. The highest BCUT2D eigenvalue weighted by atomic mass is 19.1. The van der Waals surface area contributed by atoms with E-state index < -0.39 is 11.8 Å². The number of esters is 1. The third kappa shape index (κ3) is 3.29. The number of nitrogens with two attached hydrogens (primary N) is 1. The first-order valence-electron chi connectivity index (χ1n) is 16.0. The van der Waals surface area contributed by atoms with Crippen LogP contribution in [0.1, 0.15) is 122 Å². The summed E-state index contributed by atoms with van der Waals surface area (Å²) < 4.78 is 19.8. The summed E-state index contributed by atoms with van der Waals surface area (Å²) in [5.41, 5.74) is 10.4. The van der Waals surface area contributed by atoms with Crippen LogP contribution in [0.4, 0.5) is 4.39 Å². The summed E-state index contributed by atoms with van der Waals surface area (Å²) in [6, 6.07) is 5.05. The van der Waals surface area contributed by atoms with Crippen molar-refractivity contribution in [2.75, 3.05) is 7.11 Å². The van der Waals surface area contributed by atoms with Gasteiger partial charge in [0.1, 0.15) is 5.82 Å². The van der Waals surface area contributed by atoms with Crippen molar-refractivity contribution in [2.24, 2.45) is 56.5 Å². The van der Waals surface area contributed by atoms with Gasteiger partial charge in [0, 0.05) is 5.54 Å². The van der Waals surface area contributed by atoms with Gasteiger partial charge in [-0.1, -0.05) is 60.6 Å². The lowest BCUT2D eigenvalue weighted by molar-refractivity contribution is -0.236. The van der Waals surface area contributed by atoms with Gasteiger partial charge in [-0.15, -0.1) is 0 Å². The minimum Gasteiger partial charge on any atom is -0.465 e. The van der Waals surface area contributed by atoms with Crippen LogP contribution in [0.25, 0.3) is 5.57 Å². The second kappa shape index (κ2) is 8.68. The molecule has 1 aromatic carbocycles. The molecule has 0 aliphatic heterocycles. The number of methoxy groups -OCH3 is 1. The fourth-order valence-corrected chi connectivity index (χ4v) is 12.5. The highest BCUT2D eigenvalue weighted by Gasteiger charge is 2.72. The van der Waals surface area contributed by atoms with Gasteiger partial charge in [0.2, 0.25) is 0 Å². The maximum absolute atomic E-state index is 15.0. The van der Waals surface area contributed by atoms with Gasteiger partial charge in [0.05, 0.1) is 12.7 Å². The summed E-state index contributed by atoms with van der Waals surface area (Å²) in [6.07, 6.45) is 13.4. The normalized spacial score (nSPS) is 47.3. The Kier molecular flexibility index (Phi) is 6.17. The Morgan fingerprint density at radius 3 is 2.25 bits per heavy atom. The number of carbonyl (C=O) groups excluding carboxylic acids is 1. The molecule has 220 valence electrons. The van der Waals surface area contributed by atoms with Crippen molar-refractivity contribution in [1.29, 1.82) is 0 Å². The summed E-state index contributed by atoms with van der Waals surface area (Å²) >= 11 is 0. The molecule has 4 heteroatoms. The molecule has 0 bridgehead atoms. The van der Waals surface area contributed by atoms with E-state index in [9.17, 15) is 4.79 Å². The predicted molar refractivity (Wildman–Crippen MR) is 160 cm³/mol. The maximum Gasteiger partial charge on any atom is 0.340 e. The molecular formula is C36H52FNO2. The summed E-state index contributed by atoms with van der Waals surface area (Å²) in [6.45, 7) is 17.8. The fraction of sp³-hybridized carbons (Fsp3) is 0.750. The average Bonchev–Trinajstić information content (AvgIpc) is 3.13. The molecule has 5 aliphatic rings. The molecule has 5 aliphatic carbocycles. The highest BCUT2D eigenvalue weighted by molar-refractivity contribution is 5.90. The molecule has 4 saturated carbocycles. The van der Waals surface area contributed by atoms with E-state index in [0.717, 1.165) is 12.0 Å². The van der Waals surface area contributed by atoms with Gasteiger partial charge in [-0.25, -0.2) is 9.18 Å². The van der Waals surface area contributed by atoms with Gasteiger partial charge in [-0.3, -0.25) is 0 Å². The molecule has 2 N–H and O–H groups in total.